The number of anilines is 1. The standard InChI is InChI=1S/C16H14N2O3/c1-21-13-9-7-11(8-10-13)14-15(19)16(20)18(17-14)12-5-3-2-4-6-12/h2-10,14,17H,1H3. The summed E-state index contributed by atoms with van der Waals surface area (Å²) in [6, 6.07) is 15.4. The molecule has 0 saturated carbocycles. The molecule has 1 amide bonds. The molecule has 3 rings (SSSR count). The summed E-state index contributed by atoms with van der Waals surface area (Å²) in [5, 5.41) is 1.29. The van der Waals surface area contributed by atoms with E-state index in [1.807, 2.05) is 18.2 Å². The minimum absolute atomic E-state index is 0.469. The summed E-state index contributed by atoms with van der Waals surface area (Å²) in [6.45, 7) is 0. The van der Waals surface area contributed by atoms with Crippen molar-refractivity contribution in [2.45, 2.75) is 6.04 Å². The third kappa shape index (κ3) is 2.39. The number of rotatable bonds is 3. The van der Waals surface area contributed by atoms with E-state index < -0.39 is 17.7 Å². The lowest BCUT2D eigenvalue weighted by Crippen LogP contribution is -2.35. The van der Waals surface area contributed by atoms with Crippen LogP contribution in [-0.4, -0.2) is 18.8 Å². The van der Waals surface area contributed by atoms with Gasteiger partial charge in [-0.05, 0) is 29.8 Å². The quantitative estimate of drug-likeness (QED) is 0.873. The zero-order chi connectivity index (χ0) is 14.8. The molecule has 1 fully saturated rings. The predicted molar refractivity (Wildman–Crippen MR) is 77.8 cm³/mol. The van der Waals surface area contributed by atoms with Crippen LogP contribution < -0.4 is 15.2 Å². The van der Waals surface area contributed by atoms with Gasteiger partial charge in [-0.1, -0.05) is 30.3 Å². The van der Waals surface area contributed by atoms with Crippen LogP contribution >= 0.6 is 0 Å². The zero-order valence-electron chi connectivity index (χ0n) is 11.4. The van der Waals surface area contributed by atoms with Crippen LogP contribution in [0.25, 0.3) is 0 Å². The number of nitrogens with zero attached hydrogens (tertiary/aromatic N) is 1. The highest BCUT2D eigenvalue weighted by atomic mass is 16.5. The summed E-state index contributed by atoms with van der Waals surface area (Å²) in [4.78, 5) is 24.3. The molecule has 106 valence electrons. The van der Waals surface area contributed by atoms with E-state index in [2.05, 4.69) is 5.43 Å². The maximum Gasteiger partial charge on any atom is 0.310 e. The third-order valence-electron chi connectivity index (χ3n) is 3.40. The maximum absolute atomic E-state index is 12.2. The molecule has 1 unspecified atom stereocenters. The van der Waals surface area contributed by atoms with Crippen LogP contribution in [0.2, 0.25) is 0 Å². The smallest absolute Gasteiger partial charge is 0.310 e. The molecule has 0 aliphatic carbocycles. The molecule has 1 aliphatic rings. The van der Waals surface area contributed by atoms with Gasteiger partial charge >= 0.3 is 5.91 Å². The number of ketones is 1. The molecule has 1 aliphatic heterocycles. The van der Waals surface area contributed by atoms with Crippen LogP contribution in [0.1, 0.15) is 11.6 Å². The van der Waals surface area contributed by atoms with Crippen molar-refractivity contribution < 1.29 is 14.3 Å². The Balaban J connectivity index is 1.88. The number of hydrazine groups is 1. The second kappa shape index (κ2) is 5.38. The molecular formula is C16H14N2O3. The van der Waals surface area contributed by atoms with Crippen molar-refractivity contribution in [1.82, 2.24) is 5.43 Å². The Hall–Kier alpha value is -2.66. The van der Waals surface area contributed by atoms with Crippen LogP contribution in [0.5, 0.6) is 5.75 Å². The number of benzene rings is 2. The third-order valence-corrected chi connectivity index (χ3v) is 3.40. The summed E-state index contributed by atoms with van der Waals surface area (Å²) in [5.74, 6) is -0.318. The van der Waals surface area contributed by atoms with Crippen molar-refractivity contribution in [3.05, 3.63) is 60.2 Å². The number of ether oxygens (including phenoxy) is 1. The van der Waals surface area contributed by atoms with Gasteiger partial charge in [-0.3, -0.25) is 9.59 Å². The fourth-order valence-electron chi connectivity index (χ4n) is 2.27. The maximum atomic E-state index is 12.2. The second-order valence-electron chi connectivity index (χ2n) is 4.68. The number of nitrogens with one attached hydrogen (secondary N) is 1. The number of amides is 1. The molecule has 5 nitrogen and oxygen atoms in total. The van der Waals surface area contributed by atoms with Gasteiger partial charge in [0.2, 0.25) is 5.78 Å². The van der Waals surface area contributed by atoms with Crippen molar-refractivity contribution in [2.75, 3.05) is 12.1 Å². The molecule has 0 spiro atoms. The van der Waals surface area contributed by atoms with Gasteiger partial charge in [0, 0.05) is 0 Å². The van der Waals surface area contributed by atoms with Gasteiger partial charge in [0.1, 0.15) is 11.8 Å². The number of Topliss-reactive ketones (excluding diaryl/α,β-unsaturated/α-hetero) is 1. The van der Waals surface area contributed by atoms with Crippen LogP contribution in [-0.2, 0) is 9.59 Å². The van der Waals surface area contributed by atoms with E-state index in [9.17, 15) is 9.59 Å². The number of methoxy groups -OCH3 is 1. The van der Waals surface area contributed by atoms with Crippen molar-refractivity contribution in [1.29, 1.82) is 0 Å². The highest BCUT2D eigenvalue weighted by Gasteiger charge is 2.40. The van der Waals surface area contributed by atoms with Gasteiger partial charge in [0.15, 0.2) is 0 Å². The Morgan fingerprint density at radius 2 is 1.67 bits per heavy atom. The Labute approximate surface area is 122 Å². The minimum Gasteiger partial charge on any atom is -0.497 e. The largest absolute Gasteiger partial charge is 0.497 e. The molecule has 2 aromatic rings. The van der Waals surface area contributed by atoms with Gasteiger partial charge in [0.05, 0.1) is 12.8 Å². The highest BCUT2D eigenvalue weighted by Crippen LogP contribution is 2.26. The molecule has 5 heteroatoms. The fraction of sp³-hybridized carbons (Fsp3) is 0.125. The number of carbonyl (C=O) groups is 2. The van der Waals surface area contributed by atoms with Crippen LogP contribution in [0.3, 0.4) is 0 Å². The van der Waals surface area contributed by atoms with E-state index in [-0.39, 0.29) is 0 Å². The van der Waals surface area contributed by atoms with Gasteiger partial charge < -0.3 is 4.74 Å². The van der Waals surface area contributed by atoms with Crippen LogP contribution in [0.15, 0.2) is 54.6 Å². The lowest BCUT2D eigenvalue weighted by atomic mass is 10.0. The van der Waals surface area contributed by atoms with E-state index in [0.29, 0.717) is 11.4 Å². The zero-order valence-corrected chi connectivity index (χ0v) is 11.4. The van der Waals surface area contributed by atoms with Crippen LogP contribution in [0.4, 0.5) is 5.69 Å². The van der Waals surface area contributed by atoms with Crippen molar-refractivity contribution in [3.8, 4) is 5.75 Å². The first-order valence-electron chi connectivity index (χ1n) is 6.54. The summed E-state index contributed by atoms with van der Waals surface area (Å²) < 4.78 is 5.09. The molecular weight excluding hydrogens is 268 g/mol. The first kappa shape index (κ1) is 13.3. The molecule has 0 radical (unpaired) electrons. The van der Waals surface area contributed by atoms with Gasteiger partial charge in [-0.25, -0.2) is 10.4 Å². The normalized spacial score (nSPS) is 18.1. The summed E-state index contributed by atoms with van der Waals surface area (Å²) >= 11 is 0. The Kier molecular flexibility index (Phi) is 3.41. The molecule has 1 heterocycles. The summed E-state index contributed by atoms with van der Waals surface area (Å²) in [6.07, 6.45) is 0. The molecule has 1 saturated heterocycles. The fourth-order valence-corrected chi connectivity index (χ4v) is 2.27. The molecule has 2 aromatic carbocycles. The topological polar surface area (TPSA) is 58.6 Å². The lowest BCUT2D eigenvalue weighted by Gasteiger charge is -2.16. The number of para-hydroxylation sites is 1. The Bertz CT molecular complexity index is 668. The summed E-state index contributed by atoms with van der Waals surface area (Å²) in [7, 11) is 1.58. The molecule has 21 heavy (non-hydrogen) atoms. The average Bonchev–Trinajstić information content (AvgIpc) is 2.84. The lowest BCUT2D eigenvalue weighted by molar-refractivity contribution is -0.134. The summed E-state index contributed by atoms with van der Waals surface area (Å²) in [5.41, 5.74) is 4.33. The van der Waals surface area contributed by atoms with Crippen molar-refractivity contribution in [2.24, 2.45) is 0 Å². The highest BCUT2D eigenvalue weighted by molar-refractivity contribution is 6.45. The average molecular weight is 282 g/mol. The molecule has 0 bridgehead atoms. The van der Waals surface area contributed by atoms with Gasteiger partial charge in [-0.2, -0.15) is 0 Å². The van der Waals surface area contributed by atoms with Crippen molar-refractivity contribution >= 4 is 17.4 Å². The number of carbonyl (C=O) groups excluding carboxylic acids is 2. The number of hydrogen-bond donors (Lipinski definition) is 1. The minimum atomic E-state index is -0.663. The second-order valence-corrected chi connectivity index (χ2v) is 4.68. The van der Waals surface area contributed by atoms with Gasteiger partial charge in [0.25, 0.3) is 0 Å². The molecule has 1 atom stereocenters. The first-order chi connectivity index (χ1) is 10.2. The number of hydrogen-bond acceptors (Lipinski definition) is 4. The monoisotopic (exact) mass is 282 g/mol. The SMILES string of the molecule is COc1ccc(C2NN(c3ccccc3)C(=O)C2=O)cc1. The first-order valence-corrected chi connectivity index (χ1v) is 6.54. The molecule has 0 aromatic heterocycles. The van der Waals surface area contributed by atoms with E-state index in [4.69, 9.17) is 4.74 Å². The Morgan fingerprint density at radius 3 is 2.29 bits per heavy atom. The predicted octanol–water partition coefficient (Wildman–Crippen LogP) is 1.86. The van der Waals surface area contributed by atoms with E-state index in [1.165, 1.54) is 5.01 Å². The van der Waals surface area contributed by atoms with Crippen LogP contribution in [0, 0.1) is 0 Å². The van der Waals surface area contributed by atoms with E-state index in [0.717, 1.165) is 5.56 Å². The van der Waals surface area contributed by atoms with Crippen molar-refractivity contribution in [3.63, 3.8) is 0 Å². The van der Waals surface area contributed by atoms with E-state index >= 15 is 0 Å². The van der Waals surface area contributed by atoms with E-state index in [1.54, 1.807) is 43.5 Å². The molecule has 1 N–H and O–H groups in total. The van der Waals surface area contributed by atoms with Gasteiger partial charge in [-0.15, -0.1) is 0 Å². The Morgan fingerprint density at radius 1 is 1.00 bits per heavy atom.